The summed E-state index contributed by atoms with van der Waals surface area (Å²) < 4.78 is 0. The molecule has 1 fully saturated rings. The molecule has 120 valence electrons. The molecule has 0 spiro atoms. The molecule has 0 aromatic heterocycles. The highest BCUT2D eigenvalue weighted by Crippen LogP contribution is 2.41. The van der Waals surface area contributed by atoms with E-state index in [0.717, 1.165) is 17.8 Å². The molecule has 20 heavy (non-hydrogen) atoms. The van der Waals surface area contributed by atoms with Gasteiger partial charge >= 0.3 is 0 Å². The van der Waals surface area contributed by atoms with E-state index >= 15 is 0 Å². The van der Waals surface area contributed by atoms with Gasteiger partial charge in [0.15, 0.2) is 0 Å². The zero-order valence-corrected chi connectivity index (χ0v) is 14.6. The van der Waals surface area contributed by atoms with Crippen molar-refractivity contribution in [1.29, 1.82) is 0 Å². The van der Waals surface area contributed by atoms with Gasteiger partial charge in [-0.1, -0.05) is 104 Å². The minimum Gasteiger partial charge on any atom is -0.0654 e. The Morgan fingerprint density at radius 1 is 0.750 bits per heavy atom. The van der Waals surface area contributed by atoms with E-state index in [9.17, 15) is 0 Å². The van der Waals surface area contributed by atoms with Gasteiger partial charge in [0.1, 0.15) is 0 Å². The lowest BCUT2D eigenvalue weighted by Crippen LogP contribution is -2.17. The van der Waals surface area contributed by atoms with Crippen LogP contribution in [0.4, 0.5) is 0 Å². The normalized spacial score (nSPS) is 24.1. The largest absolute Gasteiger partial charge is 0.0654 e. The van der Waals surface area contributed by atoms with Crippen molar-refractivity contribution in [1.82, 2.24) is 0 Å². The van der Waals surface area contributed by atoms with Crippen LogP contribution in [0.1, 0.15) is 111 Å². The van der Waals surface area contributed by atoms with Crippen LogP contribution in [0.25, 0.3) is 0 Å². The first-order valence-electron chi connectivity index (χ1n) is 9.79. The molecule has 1 rings (SSSR count). The molecule has 0 N–H and O–H groups in total. The topological polar surface area (TPSA) is 0 Å². The summed E-state index contributed by atoms with van der Waals surface area (Å²) in [5.74, 6) is 3.15. The van der Waals surface area contributed by atoms with Crippen LogP contribution in [0.2, 0.25) is 0 Å². The molecule has 1 aliphatic rings. The lowest BCUT2D eigenvalue weighted by Gasteiger charge is -2.27. The molecule has 1 saturated carbocycles. The van der Waals surface area contributed by atoms with Gasteiger partial charge in [-0.2, -0.15) is 0 Å². The van der Waals surface area contributed by atoms with E-state index < -0.39 is 0 Å². The molecular weight excluding hydrogens is 240 g/mol. The highest BCUT2D eigenvalue weighted by atomic mass is 14.3. The van der Waals surface area contributed by atoms with Crippen molar-refractivity contribution in [2.45, 2.75) is 111 Å². The molecule has 0 aliphatic heterocycles. The van der Waals surface area contributed by atoms with Crippen LogP contribution in [0.3, 0.4) is 0 Å². The van der Waals surface area contributed by atoms with E-state index in [-0.39, 0.29) is 0 Å². The molecule has 3 unspecified atom stereocenters. The van der Waals surface area contributed by atoms with E-state index in [1.807, 2.05) is 0 Å². The number of hydrogen-bond acceptors (Lipinski definition) is 0. The van der Waals surface area contributed by atoms with Crippen LogP contribution < -0.4 is 0 Å². The second-order valence-corrected chi connectivity index (χ2v) is 7.38. The van der Waals surface area contributed by atoms with Gasteiger partial charge in [-0.25, -0.2) is 0 Å². The summed E-state index contributed by atoms with van der Waals surface area (Å²) in [4.78, 5) is 0. The summed E-state index contributed by atoms with van der Waals surface area (Å²) in [7, 11) is 0. The lowest BCUT2D eigenvalue weighted by atomic mass is 9.78. The SMILES string of the molecule is CCCCCCCC(CCCCCC)C1CCCC1C. The van der Waals surface area contributed by atoms with Crippen LogP contribution in [-0.4, -0.2) is 0 Å². The maximum absolute atomic E-state index is 2.52. The van der Waals surface area contributed by atoms with Crippen molar-refractivity contribution in [2.24, 2.45) is 17.8 Å². The second kappa shape index (κ2) is 11.6. The smallest absolute Gasteiger partial charge is 0.0360 e. The third-order valence-corrected chi connectivity index (χ3v) is 5.64. The van der Waals surface area contributed by atoms with Crippen molar-refractivity contribution in [3.05, 3.63) is 0 Å². The predicted octanol–water partition coefficient (Wildman–Crippen LogP) is 7.37. The number of rotatable bonds is 12. The third-order valence-electron chi connectivity index (χ3n) is 5.64. The number of unbranched alkanes of at least 4 members (excludes halogenated alkanes) is 7. The molecule has 0 bridgehead atoms. The van der Waals surface area contributed by atoms with Crippen LogP contribution in [0, 0.1) is 17.8 Å². The Labute approximate surface area is 129 Å². The first-order chi connectivity index (χ1) is 9.79. The predicted molar refractivity (Wildman–Crippen MR) is 92.1 cm³/mol. The van der Waals surface area contributed by atoms with Crippen LogP contribution >= 0.6 is 0 Å². The molecule has 0 amide bonds. The van der Waals surface area contributed by atoms with Gasteiger partial charge in [-0.15, -0.1) is 0 Å². The van der Waals surface area contributed by atoms with Crippen molar-refractivity contribution in [3.63, 3.8) is 0 Å². The fourth-order valence-electron chi connectivity index (χ4n) is 4.29. The van der Waals surface area contributed by atoms with Gasteiger partial charge in [-0.05, 0) is 24.2 Å². The van der Waals surface area contributed by atoms with Gasteiger partial charge in [0.05, 0.1) is 0 Å². The molecule has 0 nitrogen and oxygen atoms in total. The molecular formula is C20H40. The van der Waals surface area contributed by atoms with Gasteiger partial charge in [0.2, 0.25) is 0 Å². The Morgan fingerprint density at radius 3 is 1.80 bits per heavy atom. The minimum atomic E-state index is 1.02. The van der Waals surface area contributed by atoms with E-state index in [1.165, 1.54) is 89.9 Å². The maximum atomic E-state index is 2.52. The Balaban J connectivity index is 2.26. The van der Waals surface area contributed by atoms with Gasteiger partial charge in [0, 0.05) is 0 Å². The third kappa shape index (κ3) is 7.14. The van der Waals surface area contributed by atoms with Crippen molar-refractivity contribution >= 4 is 0 Å². The van der Waals surface area contributed by atoms with Gasteiger partial charge < -0.3 is 0 Å². The zero-order chi connectivity index (χ0) is 14.6. The molecule has 0 heteroatoms. The summed E-state index contributed by atoms with van der Waals surface area (Å²) in [6, 6.07) is 0. The summed E-state index contributed by atoms with van der Waals surface area (Å²) in [6.45, 7) is 7.16. The Morgan fingerprint density at radius 2 is 1.30 bits per heavy atom. The summed E-state index contributed by atoms with van der Waals surface area (Å²) in [5, 5.41) is 0. The van der Waals surface area contributed by atoms with Crippen LogP contribution in [-0.2, 0) is 0 Å². The maximum Gasteiger partial charge on any atom is -0.0360 e. The highest BCUT2D eigenvalue weighted by molar-refractivity contribution is 4.80. The average molecular weight is 281 g/mol. The van der Waals surface area contributed by atoms with Crippen LogP contribution in [0.15, 0.2) is 0 Å². The Kier molecular flexibility index (Phi) is 10.5. The Hall–Kier alpha value is 0. The quantitative estimate of drug-likeness (QED) is 0.327. The molecule has 3 atom stereocenters. The first kappa shape index (κ1) is 18.1. The Bertz CT molecular complexity index is 208. The van der Waals surface area contributed by atoms with E-state index in [2.05, 4.69) is 20.8 Å². The lowest BCUT2D eigenvalue weighted by molar-refractivity contribution is 0.233. The average Bonchev–Trinajstić information content (AvgIpc) is 2.87. The highest BCUT2D eigenvalue weighted by Gasteiger charge is 2.29. The van der Waals surface area contributed by atoms with Crippen molar-refractivity contribution in [2.75, 3.05) is 0 Å². The van der Waals surface area contributed by atoms with Gasteiger partial charge in [0.25, 0.3) is 0 Å². The van der Waals surface area contributed by atoms with Crippen LogP contribution in [0.5, 0.6) is 0 Å². The molecule has 0 aromatic carbocycles. The van der Waals surface area contributed by atoms with Crippen molar-refractivity contribution < 1.29 is 0 Å². The van der Waals surface area contributed by atoms with E-state index in [4.69, 9.17) is 0 Å². The molecule has 0 aromatic rings. The minimum absolute atomic E-state index is 1.02. The van der Waals surface area contributed by atoms with Gasteiger partial charge in [-0.3, -0.25) is 0 Å². The fraction of sp³-hybridized carbons (Fsp3) is 1.00. The summed E-state index contributed by atoms with van der Waals surface area (Å²) in [5.41, 5.74) is 0. The van der Waals surface area contributed by atoms with Crippen molar-refractivity contribution in [3.8, 4) is 0 Å². The number of hydrogen-bond donors (Lipinski definition) is 0. The summed E-state index contributed by atoms with van der Waals surface area (Å²) in [6.07, 6.45) is 20.7. The molecule has 0 radical (unpaired) electrons. The summed E-state index contributed by atoms with van der Waals surface area (Å²) >= 11 is 0. The fourth-order valence-corrected chi connectivity index (χ4v) is 4.29. The monoisotopic (exact) mass is 280 g/mol. The second-order valence-electron chi connectivity index (χ2n) is 7.38. The first-order valence-corrected chi connectivity index (χ1v) is 9.79. The molecule has 1 aliphatic carbocycles. The van der Waals surface area contributed by atoms with E-state index in [1.54, 1.807) is 0 Å². The molecule has 0 saturated heterocycles. The van der Waals surface area contributed by atoms with E-state index in [0.29, 0.717) is 0 Å². The standard InChI is InChI=1S/C20H40/c1-4-6-8-10-12-16-19(15-11-9-7-5-2)20-17-13-14-18(20)3/h18-20H,4-17H2,1-3H3. The zero-order valence-electron chi connectivity index (χ0n) is 14.6. The molecule has 0 heterocycles.